The van der Waals surface area contributed by atoms with Crippen LogP contribution >= 0.6 is 11.6 Å². The Morgan fingerprint density at radius 3 is 2.42 bits per heavy atom. The number of aryl methyl sites for hydroxylation is 2. The molecule has 0 aliphatic carbocycles. The highest BCUT2D eigenvalue weighted by Crippen LogP contribution is 2.28. The molecule has 0 aliphatic heterocycles. The first-order chi connectivity index (χ1) is 20.3. The normalized spacial score (nSPS) is 11.5. The van der Waals surface area contributed by atoms with Crippen molar-refractivity contribution in [1.82, 2.24) is 29.5 Å². The number of hydrogen-bond donors (Lipinski definition) is 0. The van der Waals surface area contributed by atoms with Crippen LogP contribution in [0.5, 0.6) is 5.75 Å². The van der Waals surface area contributed by atoms with E-state index < -0.39 is 11.7 Å². The van der Waals surface area contributed by atoms with Gasteiger partial charge in [-0.25, -0.2) is 14.8 Å². The number of benzene rings is 2. The Morgan fingerprint density at radius 1 is 1.02 bits per heavy atom. The summed E-state index contributed by atoms with van der Waals surface area (Å²) in [5.41, 5.74) is 3.92. The van der Waals surface area contributed by atoms with Gasteiger partial charge in [0, 0.05) is 54.4 Å². The summed E-state index contributed by atoms with van der Waals surface area (Å²) in [5, 5.41) is 5.48. The number of likely N-dealkylation sites (N-methyl/N-ethyl adjacent to an activating group) is 1. The van der Waals surface area contributed by atoms with Gasteiger partial charge in [0.1, 0.15) is 23.7 Å². The standard InChI is InChI=1S/C32H39ClN6O4/c1-9-39-21(3)23(18-34-39)19-38(8)30(40)28-25-17-24(33)11-12-26(25)35-29(36-28)22-10-13-27(20(2)16-22)42-15-14-37(7)31(41)43-32(4,5)6/h10-13,16-18H,9,14-15,19H2,1-8H3. The smallest absolute Gasteiger partial charge is 0.410 e. The van der Waals surface area contributed by atoms with Gasteiger partial charge in [0.2, 0.25) is 0 Å². The minimum atomic E-state index is -0.562. The first kappa shape index (κ1) is 31.7. The quantitative estimate of drug-likeness (QED) is 0.220. The summed E-state index contributed by atoms with van der Waals surface area (Å²) in [7, 11) is 3.42. The molecule has 4 rings (SSSR count). The van der Waals surface area contributed by atoms with Crippen LogP contribution in [0.2, 0.25) is 5.02 Å². The molecule has 2 aromatic carbocycles. The van der Waals surface area contributed by atoms with Crippen LogP contribution in [0, 0.1) is 13.8 Å². The number of carbonyl (C=O) groups excluding carboxylic acids is 2. The van der Waals surface area contributed by atoms with E-state index in [0.717, 1.165) is 28.9 Å². The van der Waals surface area contributed by atoms with Crippen LogP contribution < -0.4 is 4.74 Å². The van der Waals surface area contributed by atoms with Gasteiger partial charge in [0.05, 0.1) is 18.3 Å². The van der Waals surface area contributed by atoms with E-state index in [1.165, 1.54) is 4.90 Å². The van der Waals surface area contributed by atoms with Gasteiger partial charge in [0.25, 0.3) is 5.91 Å². The zero-order valence-corrected chi connectivity index (χ0v) is 26.8. The highest BCUT2D eigenvalue weighted by Gasteiger charge is 2.22. The van der Waals surface area contributed by atoms with Gasteiger partial charge in [-0.3, -0.25) is 9.48 Å². The van der Waals surface area contributed by atoms with Crippen molar-refractivity contribution in [2.24, 2.45) is 0 Å². The maximum absolute atomic E-state index is 13.8. The Kier molecular flexibility index (Phi) is 9.59. The summed E-state index contributed by atoms with van der Waals surface area (Å²) >= 11 is 6.31. The number of fused-ring (bicyclic) bond motifs is 1. The first-order valence-electron chi connectivity index (χ1n) is 14.2. The average Bonchev–Trinajstić information content (AvgIpc) is 3.30. The largest absolute Gasteiger partial charge is 0.491 e. The van der Waals surface area contributed by atoms with Crippen molar-refractivity contribution in [3.05, 3.63) is 70.1 Å². The van der Waals surface area contributed by atoms with Gasteiger partial charge in [-0.2, -0.15) is 5.10 Å². The number of halogens is 1. The van der Waals surface area contributed by atoms with Gasteiger partial charge in [-0.15, -0.1) is 0 Å². The Balaban J connectivity index is 1.56. The van der Waals surface area contributed by atoms with E-state index in [4.69, 9.17) is 31.0 Å². The van der Waals surface area contributed by atoms with E-state index in [2.05, 4.69) is 5.10 Å². The molecule has 0 saturated carbocycles. The summed E-state index contributed by atoms with van der Waals surface area (Å²) in [6.45, 7) is 13.3. The minimum absolute atomic E-state index is 0.245. The van der Waals surface area contributed by atoms with Crippen LogP contribution in [0.1, 0.15) is 55.0 Å². The van der Waals surface area contributed by atoms with Crippen LogP contribution in [0.3, 0.4) is 0 Å². The SMILES string of the molecule is CCn1ncc(CN(C)C(=O)c2nc(-c3ccc(OCCN(C)C(=O)OC(C)(C)C)c(C)c3)nc3ccc(Cl)cc23)c1C. The molecule has 11 heteroatoms. The molecule has 10 nitrogen and oxygen atoms in total. The zero-order valence-electron chi connectivity index (χ0n) is 26.1. The van der Waals surface area contributed by atoms with E-state index in [0.29, 0.717) is 47.2 Å². The zero-order chi connectivity index (χ0) is 31.5. The fourth-order valence-electron chi connectivity index (χ4n) is 4.53. The van der Waals surface area contributed by atoms with Crippen molar-refractivity contribution < 1.29 is 19.1 Å². The predicted octanol–water partition coefficient (Wildman–Crippen LogP) is 6.30. The summed E-state index contributed by atoms with van der Waals surface area (Å²) in [5.74, 6) is 0.846. The molecule has 43 heavy (non-hydrogen) atoms. The highest BCUT2D eigenvalue weighted by molar-refractivity contribution is 6.31. The fraction of sp³-hybridized carbons (Fsp3) is 0.406. The summed E-state index contributed by atoms with van der Waals surface area (Å²) in [6.07, 6.45) is 1.39. The van der Waals surface area contributed by atoms with Crippen LogP contribution in [-0.2, 0) is 17.8 Å². The molecule has 0 atom stereocenters. The lowest BCUT2D eigenvalue weighted by Crippen LogP contribution is -2.36. The van der Waals surface area contributed by atoms with Crippen LogP contribution in [0.25, 0.3) is 22.3 Å². The van der Waals surface area contributed by atoms with Crippen molar-refractivity contribution in [2.75, 3.05) is 27.2 Å². The molecule has 0 radical (unpaired) electrons. The molecule has 0 spiro atoms. The fourth-order valence-corrected chi connectivity index (χ4v) is 4.71. The van der Waals surface area contributed by atoms with E-state index in [1.54, 1.807) is 43.4 Å². The van der Waals surface area contributed by atoms with Crippen molar-refractivity contribution in [1.29, 1.82) is 0 Å². The second-order valence-corrected chi connectivity index (χ2v) is 12.0. The van der Waals surface area contributed by atoms with Gasteiger partial charge >= 0.3 is 6.09 Å². The van der Waals surface area contributed by atoms with E-state index >= 15 is 0 Å². The van der Waals surface area contributed by atoms with E-state index in [9.17, 15) is 9.59 Å². The molecule has 0 unspecified atom stereocenters. The second kappa shape index (κ2) is 13.0. The maximum atomic E-state index is 13.8. The highest BCUT2D eigenvalue weighted by atomic mass is 35.5. The lowest BCUT2D eigenvalue weighted by molar-refractivity contribution is 0.0278. The van der Waals surface area contributed by atoms with Crippen LogP contribution in [-0.4, -0.2) is 74.4 Å². The Labute approximate surface area is 257 Å². The number of carbonyl (C=O) groups is 2. The van der Waals surface area contributed by atoms with Crippen molar-refractivity contribution in [2.45, 2.75) is 60.2 Å². The molecule has 0 saturated heterocycles. The molecule has 4 aromatic rings. The molecule has 0 aliphatic rings. The van der Waals surface area contributed by atoms with E-state index in [-0.39, 0.29) is 11.6 Å². The number of rotatable bonds is 9. The Bertz CT molecular complexity index is 1650. The lowest BCUT2D eigenvalue weighted by atomic mass is 10.1. The molecule has 228 valence electrons. The third kappa shape index (κ3) is 7.62. The van der Waals surface area contributed by atoms with Gasteiger partial charge in [0.15, 0.2) is 5.82 Å². The lowest BCUT2D eigenvalue weighted by Gasteiger charge is -2.24. The number of aromatic nitrogens is 4. The third-order valence-electron chi connectivity index (χ3n) is 6.94. The average molecular weight is 607 g/mol. The van der Waals surface area contributed by atoms with Crippen molar-refractivity contribution in [3.8, 4) is 17.1 Å². The van der Waals surface area contributed by atoms with Crippen LogP contribution in [0.4, 0.5) is 4.79 Å². The Morgan fingerprint density at radius 2 is 1.77 bits per heavy atom. The predicted molar refractivity (Wildman–Crippen MR) is 168 cm³/mol. The molecular weight excluding hydrogens is 568 g/mol. The summed E-state index contributed by atoms with van der Waals surface area (Å²) < 4.78 is 13.3. The molecule has 2 aromatic heterocycles. The molecular formula is C32H39ClN6O4. The van der Waals surface area contributed by atoms with Gasteiger partial charge in [-0.1, -0.05) is 11.6 Å². The van der Waals surface area contributed by atoms with Crippen LogP contribution in [0.15, 0.2) is 42.6 Å². The number of ether oxygens (including phenoxy) is 2. The Hall–Kier alpha value is -4.18. The topological polar surface area (TPSA) is 103 Å². The maximum Gasteiger partial charge on any atom is 0.410 e. The number of hydrogen-bond acceptors (Lipinski definition) is 7. The second-order valence-electron chi connectivity index (χ2n) is 11.5. The molecule has 2 amide bonds. The first-order valence-corrected chi connectivity index (χ1v) is 14.6. The van der Waals surface area contributed by atoms with E-state index in [1.807, 2.05) is 64.4 Å². The molecule has 0 fully saturated rings. The summed E-state index contributed by atoms with van der Waals surface area (Å²) in [6, 6.07) is 10.9. The molecule has 2 heterocycles. The van der Waals surface area contributed by atoms with Crippen molar-refractivity contribution >= 4 is 34.5 Å². The van der Waals surface area contributed by atoms with Gasteiger partial charge in [-0.05, 0) is 83.5 Å². The minimum Gasteiger partial charge on any atom is -0.491 e. The molecule has 0 bridgehead atoms. The monoisotopic (exact) mass is 606 g/mol. The summed E-state index contributed by atoms with van der Waals surface area (Å²) in [4.78, 5) is 38.6. The van der Waals surface area contributed by atoms with Crippen molar-refractivity contribution in [3.63, 3.8) is 0 Å². The van der Waals surface area contributed by atoms with Gasteiger partial charge < -0.3 is 19.3 Å². The third-order valence-corrected chi connectivity index (χ3v) is 7.18. The number of amides is 2. The molecule has 0 N–H and O–H groups in total. The number of nitrogens with zero attached hydrogens (tertiary/aromatic N) is 6.